The number of ether oxygens (including phenoxy) is 2. The number of methoxy groups -OCH3 is 2. The van der Waals surface area contributed by atoms with Crippen LogP contribution in [0.1, 0.15) is 16.1 Å². The molecule has 1 aliphatic rings. The van der Waals surface area contributed by atoms with Crippen molar-refractivity contribution in [2.24, 2.45) is 0 Å². The van der Waals surface area contributed by atoms with Crippen LogP contribution < -0.4 is 14.4 Å². The van der Waals surface area contributed by atoms with Crippen LogP contribution >= 0.6 is 0 Å². The third-order valence-corrected chi connectivity index (χ3v) is 4.42. The van der Waals surface area contributed by atoms with Gasteiger partial charge in [0.15, 0.2) is 11.5 Å². The van der Waals surface area contributed by atoms with E-state index in [4.69, 9.17) is 14.7 Å². The Morgan fingerprint density at radius 2 is 1.81 bits per heavy atom. The molecule has 1 aromatic heterocycles. The van der Waals surface area contributed by atoms with E-state index in [0.29, 0.717) is 48.9 Å². The largest absolute Gasteiger partial charge is 0.493 e. The SMILES string of the molecule is COc1ccc(C(=O)N2CCN(c3ccc(C#N)nc3)CC2)cc1OC. The summed E-state index contributed by atoms with van der Waals surface area (Å²) in [5, 5.41) is 8.83. The topological polar surface area (TPSA) is 78.7 Å². The highest BCUT2D eigenvalue weighted by molar-refractivity contribution is 5.95. The van der Waals surface area contributed by atoms with Crippen LogP contribution in [-0.4, -0.2) is 56.2 Å². The summed E-state index contributed by atoms with van der Waals surface area (Å²) in [7, 11) is 3.12. The van der Waals surface area contributed by atoms with Crippen LogP contribution in [-0.2, 0) is 0 Å². The number of nitriles is 1. The van der Waals surface area contributed by atoms with Gasteiger partial charge in [-0.1, -0.05) is 0 Å². The van der Waals surface area contributed by atoms with E-state index in [1.54, 1.807) is 44.7 Å². The van der Waals surface area contributed by atoms with E-state index in [-0.39, 0.29) is 5.91 Å². The van der Waals surface area contributed by atoms with E-state index in [2.05, 4.69) is 9.88 Å². The zero-order chi connectivity index (χ0) is 18.5. The van der Waals surface area contributed by atoms with Gasteiger partial charge >= 0.3 is 0 Å². The molecule has 26 heavy (non-hydrogen) atoms. The van der Waals surface area contributed by atoms with Crippen molar-refractivity contribution in [2.75, 3.05) is 45.3 Å². The highest BCUT2D eigenvalue weighted by atomic mass is 16.5. The van der Waals surface area contributed by atoms with Crippen LogP contribution in [0.25, 0.3) is 0 Å². The minimum Gasteiger partial charge on any atom is -0.493 e. The number of anilines is 1. The van der Waals surface area contributed by atoms with E-state index in [1.165, 1.54) is 0 Å². The van der Waals surface area contributed by atoms with E-state index < -0.39 is 0 Å². The van der Waals surface area contributed by atoms with Crippen molar-refractivity contribution in [3.63, 3.8) is 0 Å². The molecule has 134 valence electrons. The number of aromatic nitrogens is 1. The molecule has 0 aliphatic carbocycles. The Hall–Kier alpha value is -3.27. The lowest BCUT2D eigenvalue weighted by Gasteiger charge is -2.36. The van der Waals surface area contributed by atoms with Crippen LogP contribution in [0.5, 0.6) is 11.5 Å². The summed E-state index contributed by atoms with van der Waals surface area (Å²) in [5.41, 5.74) is 1.94. The van der Waals surface area contributed by atoms with Gasteiger partial charge in [0, 0.05) is 31.7 Å². The highest BCUT2D eigenvalue weighted by Crippen LogP contribution is 2.28. The number of benzene rings is 1. The molecule has 0 saturated carbocycles. The third kappa shape index (κ3) is 3.54. The number of hydrogen-bond acceptors (Lipinski definition) is 6. The monoisotopic (exact) mass is 352 g/mol. The van der Waals surface area contributed by atoms with Crippen molar-refractivity contribution < 1.29 is 14.3 Å². The number of amides is 1. The molecule has 7 nitrogen and oxygen atoms in total. The molecule has 0 N–H and O–H groups in total. The van der Waals surface area contributed by atoms with Gasteiger partial charge in [0.2, 0.25) is 0 Å². The molecular weight excluding hydrogens is 332 g/mol. The second kappa shape index (κ2) is 7.74. The molecule has 1 aromatic carbocycles. The smallest absolute Gasteiger partial charge is 0.254 e. The van der Waals surface area contributed by atoms with Crippen LogP contribution in [0.15, 0.2) is 36.5 Å². The van der Waals surface area contributed by atoms with Gasteiger partial charge in [-0.3, -0.25) is 4.79 Å². The third-order valence-electron chi connectivity index (χ3n) is 4.42. The first-order valence-electron chi connectivity index (χ1n) is 8.28. The average Bonchev–Trinajstić information content (AvgIpc) is 2.73. The normalized spacial score (nSPS) is 13.9. The molecule has 0 bridgehead atoms. The van der Waals surface area contributed by atoms with Gasteiger partial charge in [0.1, 0.15) is 11.8 Å². The fraction of sp³-hybridized carbons (Fsp3) is 0.316. The molecule has 1 saturated heterocycles. The molecule has 1 fully saturated rings. The summed E-state index contributed by atoms with van der Waals surface area (Å²) < 4.78 is 10.5. The van der Waals surface area contributed by atoms with E-state index in [1.807, 2.05) is 17.0 Å². The Labute approximate surface area is 152 Å². The molecule has 0 atom stereocenters. The van der Waals surface area contributed by atoms with E-state index in [9.17, 15) is 4.79 Å². The van der Waals surface area contributed by atoms with Gasteiger partial charge in [-0.25, -0.2) is 4.98 Å². The molecule has 0 unspecified atom stereocenters. The Morgan fingerprint density at radius 1 is 1.08 bits per heavy atom. The van der Waals surface area contributed by atoms with E-state index in [0.717, 1.165) is 5.69 Å². The second-order valence-electron chi connectivity index (χ2n) is 5.86. The Morgan fingerprint density at radius 3 is 2.38 bits per heavy atom. The van der Waals surface area contributed by atoms with Crippen molar-refractivity contribution in [1.29, 1.82) is 5.26 Å². The quantitative estimate of drug-likeness (QED) is 0.837. The standard InChI is InChI=1S/C19H20N4O3/c1-25-17-6-3-14(11-18(17)26-2)19(24)23-9-7-22(8-10-23)16-5-4-15(12-20)21-13-16/h3-6,11,13H,7-10H2,1-2H3. The lowest BCUT2D eigenvalue weighted by molar-refractivity contribution is 0.0746. The van der Waals surface area contributed by atoms with Crippen molar-refractivity contribution in [1.82, 2.24) is 9.88 Å². The van der Waals surface area contributed by atoms with Crippen molar-refractivity contribution in [3.05, 3.63) is 47.8 Å². The van der Waals surface area contributed by atoms with Crippen LogP contribution in [0.3, 0.4) is 0 Å². The van der Waals surface area contributed by atoms with Gasteiger partial charge in [-0.15, -0.1) is 0 Å². The number of piperazine rings is 1. The maximum absolute atomic E-state index is 12.8. The number of rotatable bonds is 4. The summed E-state index contributed by atoms with van der Waals surface area (Å²) in [5.74, 6) is 1.12. The van der Waals surface area contributed by atoms with Gasteiger partial charge in [-0.2, -0.15) is 5.26 Å². The van der Waals surface area contributed by atoms with Crippen molar-refractivity contribution in [2.45, 2.75) is 0 Å². The lowest BCUT2D eigenvalue weighted by atomic mass is 10.1. The molecule has 2 aromatic rings. The minimum atomic E-state index is -0.0245. The first-order chi connectivity index (χ1) is 12.7. The minimum absolute atomic E-state index is 0.0245. The second-order valence-corrected chi connectivity index (χ2v) is 5.86. The predicted molar refractivity (Wildman–Crippen MR) is 96.6 cm³/mol. The molecule has 0 spiro atoms. The average molecular weight is 352 g/mol. The predicted octanol–water partition coefficient (Wildman–Crippen LogP) is 1.93. The molecule has 2 heterocycles. The number of pyridine rings is 1. The molecular formula is C19H20N4O3. The molecule has 1 amide bonds. The van der Waals surface area contributed by atoms with Crippen LogP contribution in [0, 0.1) is 11.3 Å². The van der Waals surface area contributed by atoms with E-state index >= 15 is 0 Å². The number of nitrogens with zero attached hydrogens (tertiary/aromatic N) is 4. The Kier molecular flexibility index (Phi) is 5.23. The zero-order valence-corrected chi connectivity index (χ0v) is 14.8. The summed E-state index contributed by atoms with van der Waals surface area (Å²) in [4.78, 5) is 20.8. The summed E-state index contributed by atoms with van der Waals surface area (Å²) in [6.45, 7) is 2.67. The molecule has 1 aliphatic heterocycles. The maximum Gasteiger partial charge on any atom is 0.254 e. The summed E-state index contributed by atoms with van der Waals surface area (Å²) in [6.07, 6.45) is 1.70. The number of carbonyl (C=O) groups is 1. The number of hydrogen-bond donors (Lipinski definition) is 0. The number of carbonyl (C=O) groups excluding carboxylic acids is 1. The summed E-state index contributed by atoms with van der Waals surface area (Å²) in [6, 6.07) is 10.8. The zero-order valence-electron chi connectivity index (χ0n) is 14.8. The first kappa shape index (κ1) is 17.5. The van der Waals surface area contributed by atoms with Gasteiger partial charge < -0.3 is 19.3 Å². The van der Waals surface area contributed by atoms with Gasteiger partial charge in [0.25, 0.3) is 5.91 Å². The molecule has 7 heteroatoms. The Balaban J connectivity index is 1.65. The first-order valence-corrected chi connectivity index (χ1v) is 8.28. The fourth-order valence-corrected chi connectivity index (χ4v) is 2.96. The summed E-state index contributed by atoms with van der Waals surface area (Å²) >= 11 is 0. The molecule has 3 rings (SSSR count). The molecule has 0 radical (unpaired) electrons. The maximum atomic E-state index is 12.8. The fourth-order valence-electron chi connectivity index (χ4n) is 2.96. The van der Waals surface area contributed by atoms with Crippen LogP contribution in [0.2, 0.25) is 0 Å². The Bertz CT molecular complexity index is 822. The van der Waals surface area contributed by atoms with Gasteiger partial charge in [-0.05, 0) is 30.3 Å². The van der Waals surface area contributed by atoms with Crippen molar-refractivity contribution >= 4 is 11.6 Å². The van der Waals surface area contributed by atoms with Crippen LogP contribution in [0.4, 0.5) is 5.69 Å². The van der Waals surface area contributed by atoms with Crippen molar-refractivity contribution in [3.8, 4) is 17.6 Å². The highest BCUT2D eigenvalue weighted by Gasteiger charge is 2.23. The lowest BCUT2D eigenvalue weighted by Crippen LogP contribution is -2.48. The van der Waals surface area contributed by atoms with Gasteiger partial charge in [0.05, 0.1) is 26.1 Å².